The molecule has 0 N–H and O–H groups in total. The second-order valence-electron chi connectivity index (χ2n) is 4.73. The summed E-state index contributed by atoms with van der Waals surface area (Å²) in [7, 11) is 0. The van der Waals surface area contributed by atoms with Gasteiger partial charge in [0.05, 0.1) is 0 Å². The lowest BCUT2D eigenvalue weighted by atomic mass is 10.1. The summed E-state index contributed by atoms with van der Waals surface area (Å²) < 4.78 is 0. The van der Waals surface area contributed by atoms with Crippen LogP contribution in [-0.4, -0.2) is 4.98 Å². The van der Waals surface area contributed by atoms with Crippen LogP contribution in [0.15, 0.2) is 47.7 Å². The van der Waals surface area contributed by atoms with Crippen LogP contribution in [0.5, 0.6) is 0 Å². The zero-order valence-electron chi connectivity index (χ0n) is 11.2. The highest BCUT2D eigenvalue weighted by atomic mass is 14.7. The van der Waals surface area contributed by atoms with Crippen LogP contribution in [0.3, 0.4) is 0 Å². The van der Waals surface area contributed by atoms with Crippen LogP contribution < -0.4 is 0 Å². The van der Waals surface area contributed by atoms with E-state index in [4.69, 9.17) is 0 Å². The van der Waals surface area contributed by atoms with Crippen LogP contribution in [0.1, 0.15) is 45.7 Å². The first-order valence-corrected chi connectivity index (χ1v) is 6.37. The standard InChI is InChI=1S/C16H23N/c1-14(2)8-6-9-15(3)10-7-12-16-11-4-5-13-17-16/h4-5,8,10-11,13H,6-7,9,12H2,1-3H3. The molecule has 0 saturated heterocycles. The van der Waals surface area contributed by atoms with Crippen LogP contribution in [0.2, 0.25) is 0 Å². The topological polar surface area (TPSA) is 12.9 Å². The molecule has 0 aromatic carbocycles. The van der Waals surface area contributed by atoms with E-state index < -0.39 is 0 Å². The van der Waals surface area contributed by atoms with Crippen molar-refractivity contribution in [1.82, 2.24) is 4.98 Å². The number of rotatable bonds is 6. The Hall–Kier alpha value is -1.37. The number of aromatic nitrogens is 1. The van der Waals surface area contributed by atoms with E-state index in [0.29, 0.717) is 0 Å². The maximum atomic E-state index is 4.32. The minimum Gasteiger partial charge on any atom is -0.261 e. The van der Waals surface area contributed by atoms with Gasteiger partial charge in [0.25, 0.3) is 0 Å². The summed E-state index contributed by atoms with van der Waals surface area (Å²) in [6.07, 6.45) is 11.0. The maximum absolute atomic E-state index is 4.32. The van der Waals surface area contributed by atoms with Gasteiger partial charge in [-0.3, -0.25) is 4.98 Å². The fourth-order valence-corrected chi connectivity index (χ4v) is 1.70. The molecular formula is C16H23N. The molecule has 0 aliphatic rings. The first-order valence-electron chi connectivity index (χ1n) is 6.37. The highest BCUT2D eigenvalue weighted by molar-refractivity contribution is 5.07. The van der Waals surface area contributed by atoms with Gasteiger partial charge in [0.15, 0.2) is 0 Å². The summed E-state index contributed by atoms with van der Waals surface area (Å²) in [6, 6.07) is 6.10. The predicted molar refractivity (Wildman–Crippen MR) is 75.0 cm³/mol. The van der Waals surface area contributed by atoms with Gasteiger partial charge in [0.2, 0.25) is 0 Å². The van der Waals surface area contributed by atoms with E-state index in [1.165, 1.54) is 23.3 Å². The van der Waals surface area contributed by atoms with Gasteiger partial charge in [-0.15, -0.1) is 0 Å². The van der Waals surface area contributed by atoms with Gasteiger partial charge >= 0.3 is 0 Å². The zero-order valence-corrected chi connectivity index (χ0v) is 11.2. The highest BCUT2D eigenvalue weighted by Crippen LogP contribution is 2.09. The van der Waals surface area contributed by atoms with Crippen LogP contribution >= 0.6 is 0 Å². The zero-order chi connectivity index (χ0) is 12.5. The SMILES string of the molecule is CC(C)=CCCC(C)=CCCc1ccccn1. The molecular weight excluding hydrogens is 206 g/mol. The fraction of sp³-hybridized carbons (Fsp3) is 0.438. The third kappa shape index (κ3) is 6.72. The molecule has 0 bridgehead atoms. The van der Waals surface area contributed by atoms with Gasteiger partial charge in [-0.2, -0.15) is 0 Å². The van der Waals surface area contributed by atoms with Crippen LogP contribution in [0.4, 0.5) is 0 Å². The molecule has 17 heavy (non-hydrogen) atoms. The van der Waals surface area contributed by atoms with Crippen molar-refractivity contribution in [2.75, 3.05) is 0 Å². The van der Waals surface area contributed by atoms with Crippen LogP contribution in [0.25, 0.3) is 0 Å². The van der Waals surface area contributed by atoms with E-state index in [9.17, 15) is 0 Å². The number of allylic oxidation sites excluding steroid dienone is 4. The summed E-state index contributed by atoms with van der Waals surface area (Å²) in [4.78, 5) is 4.32. The Labute approximate surface area is 105 Å². The third-order valence-electron chi connectivity index (χ3n) is 2.71. The lowest BCUT2D eigenvalue weighted by Crippen LogP contribution is -1.87. The predicted octanol–water partition coefficient (Wildman–Crippen LogP) is 4.71. The van der Waals surface area contributed by atoms with Crippen molar-refractivity contribution in [1.29, 1.82) is 0 Å². The molecule has 0 radical (unpaired) electrons. The molecule has 92 valence electrons. The summed E-state index contributed by atoms with van der Waals surface area (Å²) in [5.41, 5.74) is 4.07. The molecule has 1 nitrogen and oxygen atoms in total. The van der Waals surface area contributed by atoms with Crippen molar-refractivity contribution in [3.05, 3.63) is 53.4 Å². The smallest absolute Gasteiger partial charge is 0.0406 e. The molecule has 0 spiro atoms. The second kappa shape index (κ2) is 7.83. The highest BCUT2D eigenvalue weighted by Gasteiger charge is 1.92. The minimum absolute atomic E-state index is 1.04. The van der Waals surface area contributed by atoms with Gasteiger partial charge in [0.1, 0.15) is 0 Å². The van der Waals surface area contributed by atoms with E-state index >= 15 is 0 Å². The number of hydrogen-bond donors (Lipinski definition) is 0. The summed E-state index contributed by atoms with van der Waals surface area (Å²) >= 11 is 0. The molecule has 1 heteroatoms. The molecule has 0 saturated carbocycles. The Morgan fingerprint density at radius 1 is 1.12 bits per heavy atom. The minimum atomic E-state index is 1.04. The molecule has 0 unspecified atom stereocenters. The van der Waals surface area contributed by atoms with E-state index in [-0.39, 0.29) is 0 Å². The fourth-order valence-electron chi connectivity index (χ4n) is 1.70. The monoisotopic (exact) mass is 229 g/mol. The first kappa shape index (κ1) is 13.7. The Morgan fingerprint density at radius 2 is 1.94 bits per heavy atom. The van der Waals surface area contributed by atoms with Crippen molar-refractivity contribution >= 4 is 0 Å². The van der Waals surface area contributed by atoms with Gasteiger partial charge in [0, 0.05) is 11.9 Å². The largest absolute Gasteiger partial charge is 0.261 e. The average Bonchev–Trinajstić information content (AvgIpc) is 2.30. The van der Waals surface area contributed by atoms with Gasteiger partial charge in [-0.25, -0.2) is 0 Å². The van der Waals surface area contributed by atoms with E-state index in [0.717, 1.165) is 19.3 Å². The summed E-state index contributed by atoms with van der Waals surface area (Å²) in [5.74, 6) is 0. The second-order valence-corrected chi connectivity index (χ2v) is 4.73. The molecule has 0 amide bonds. The third-order valence-corrected chi connectivity index (χ3v) is 2.71. The Bertz CT molecular complexity index is 370. The summed E-state index contributed by atoms with van der Waals surface area (Å²) in [5, 5.41) is 0. The number of nitrogens with zero attached hydrogens (tertiary/aromatic N) is 1. The van der Waals surface area contributed by atoms with Crippen LogP contribution in [0, 0.1) is 0 Å². The molecule has 0 atom stereocenters. The van der Waals surface area contributed by atoms with E-state index in [1.54, 1.807) is 0 Å². The molecule has 0 aliphatic heterocycles. The Kier molecular flexibility index (Phi) is 6.31. The summed E-state index contributed by atoms with van der Waals surface area (Å²) in [6.45, 7) is 6.53. The average molecular weight is 229 g/mol. The van der Waals surface area contributed by atoms with E-state index in [2.05, 4.69) is 44.0 Å². The lowest BCUT2D eigenvalue weighted by molar-refractivity contribution is 0.904. The quantitative estimate of drug-likeness (QED) is 0.644. The van der Waals surface area contributed by atoms with Gasteiger partial charge in [-0.1, -0.05) is 29.4 Å². The van der Waals surface area contributed by atoms with E-state index in [1.807, 2.05) is 18.3 Å². The van der Waals surface area contributed by atoms with Gasteiger partial charge < -0.3 is 0 Å². The van der Waals surface area contributed by atoms with Crippen LogP contribution in [-0.2, 0) is 6.42 Å². The molecule has 1 heterocycles. The number of aryl methyl sites for hydroxylation is 1. The van der Waals surface area contributed by atoms with Crippen molar-refractivity contribution in [2.45, 2.75) is 46.5 Å². The normalized spacial score (nSPS) is 11.4. The van der Waals surface area contributed by atoms with Crippen molar-refractivity contribution in [2.24, 2.45) is 0 Å². The van der Waals surface area contributed by atoms with Crippen molar-refractivity contribution < 1.29 is 0 Å². The van der Waals surface area contributed by atoms with Gasteiger partial charge in [-0.05, 0) is 58.6 Å². The molecule has 0 fully saturated rings. The lowest BCUT2D eigenvalue weighted by Gasteiger charge is -2.00. The van der Waals surface area contributed by atoms with Crippen molar-refractivity contribution in [3.63, 3.8) is 0 Å². The molecule has 1 aromatic rings. The number of hydrogen-bond acceptors (Lipinski definition) is 1. The number of pyridine rings is 1. The Morgan fingerprint density at radius 3 is 2.59 bits per heavy atom. The Balaban J connectivity index is 2.26. The maximum Gasteiger partial charge on any atom is 0.0406 e. The first-order chi connectivity index (χ1) is 8.18. The molecule has 1 aromatic heterocycles. The van der Waals surface area contributed by atoms with Crippen molar-refractivity contribution in [3.8, 4) is 0 Å². The molecule has 0 aliphatic carbocycles. The molecule has 1 rings (SSSR count).